The van der Waals surface area contributed by atoms with Gasteiger partial charge in [-0.3, -0.25) is 9.10 Å². The van der Waals surface area contributed by atoms with Crippen LogP contribution in [0.4, 0.5) is 5.69 Å². The van der Waals surface area contributed by atoms with Gasteiger partial charge in [0.2, 0.25) is 10.0 Å². The average molecular weight is 375 g/mol. The number of carbonyl (C=O) groups is 1. The topological polar surface area (TPSA) is 66.5 Å². The molecule has 0 aliphatic rings. The highest BCUT2D eigenvalue weighted by atomic mass is 32.2. The van der Waals surface area contributed by atoms with Crippen LogP contribution >= 0.6 is 0 Å². The number of carbonyl (C=O) groups excluding carboxylic acids is 1. The first-order valence-corrected chi connectivity index (χ1v) is 10.4. The molecule has 6 heteroatoms. The summed E-state index contributed by atoms with van der Waals surface area (Å²) in [5, 5.41) is 2.99. The van der Waals surface area contributed by atoms with Crippen molar-refractivity contribution in [3.63, 3.8) is 0 Å². The number of sulfonamides is 1. The van der Waals surface area contributed by atoms with Crippen molar-refractivity contribution in [2.24, 2.45) is 0 Å². The number of nitrogens with zero attached hydrogens (tertiary/aromatic N) is 1. The van der Waals surface area contributed by atoms with E-state index in [9.17, 15) is 13.2 Å². The van der Waals surface area contributed by atoms with Crippen molar-refractivity contribution < 1.29 is 13.2 Å². The van der Waals surface area contributed by atoms with E-state index in [1.165, 1.54) is 16.1 Å². The lowest BCUT2D eigenvalue weighted by atomic mass is 10.00. The zero-order chi connectivity index (χ0) is 19.5. The fourth-order valence-corrected chi connectivity index (χ4v) is 4.03. The highest BCUT2D eigenvalue weighted by Crippen LogP contribution is 2.21. The molecular formula is C20H26N2O3S. The Bertz CT molecular complexity index is 890. The molecule has 0 bridgehead atoms. The maximum Gasteiger partial charge on any atom is 0.251 e. The Morgan fingerprint density at radius 1 is 1.12 bits per heavy atom. The standard InChI is InChI=1S/C20H26N2O3S/c1-6-22(26(5,24)25)18-10-8-17(9-11-18)20(23)21-16(4)19-12-7-14(2)13-15(19)3/h7-13,16H,6H2,1-5H3,(H,21,23). The van der Waals surface area contributed by atoms with Crippen LogP contribution in [0, 0.1) is 13.8 Å². The Labute approximate surface area is 156 Å². The van der Waals surface area contributed by atoms with E-state index < -0.39 is 10.0 Å². The second-order valence-electron chi connectivity index (χ2n) is 6.53. The van der Waals surface area contributed by atoms with Crippen molar-refractivity contribution in [3.8, 4) is 0 Å². The molecule has 0 radical (unpaired) electrons. The second-order valence-corrected chi connectivity index (χ2v) is 8.44. The van der Waals surface area contributed by atoms with E-state index in [1.807, 2.05) is 32.9 Å². The highest BCUT2D eigenvalue weighted by molar-refractivity contribution is 7.92. The van der Waals surface area contributed by atoms with Gasteiger partial charge in [-0.25, -0.2) is 8.42 Å². The van der Waals surface area contributed by atoms with Crippen molar-refractivity contribution in [1.29, 1.82) is 0 Å². The van der Waals surface area contributed by atoms with Gasteiger partial charge in [0.05, 0.1) is 18.0 Å². The van der Waals surface area contributed by atoms with Crippen LogP contribution in [0.2, 0.25) is 0 Å². The summed E-state index contributed by atoms with van der Waals surface area (Å²) < 4.78 is 24.9. The molecule has 2 rings (SSSR count). The number of rotatable bonds is 6. The fraction of sp³-hybridized carbons (Fsp3) is 0.350. The van der Waals surface area contributed by atoms with Crippen molar-refractivity contribution in [3.05, 3.63) is 64.7 Å². The van der Waals surface area contributed by atoms with E-state index in [2.05, 4.69) is 11.4 Å². The molecule has 0 aliphatic heterocycles. The molecule has 1 atom stereocenters. The third-order valence-electron chi connectivity index (χ3n) is 4.34. The van der Waals surface area contributed by atoms with Gasteiger partial charge in [-0.15, -0.1) is 0 Å². The van der Waals surface area contributed by atoms with Gasteiger partial charge in [0, 0.05) is 12.1 Å². The van der Waals surface area contributed by atoms with E-state index >= 15 is 0 Å². The Morgan fingerprint density at radius 3 is 2.23 bits per heavy atom. The quantitative estimate of drug-likeness (QED) is 0.840. The summed E-state index contributed by atoms with van der Waals surface area (Å²) in [6.45, 7) is 8.13. The summed E-state index contributed by atoms with van der Waals surface area (Å²) in [7, 11) is -3.33. The van der Waals surface area contributed by atoms with Gasteiger partial charge in [-0.2, -0.15) is 0 Å². The van der Waals surface area contributed by atoms with Crippen LogP contribution < -0.4 is 9.62 Å². The molecule has 26 heavy (non-hydrogen) atoms. The minimum absolute atomic E-state index is 0.120. The normalized spacial score (nSPS) is 12.5. The summed E-state index contributed by atoms with van der Waals surface area (Å²) in [5.41, 5.74) is 4.45. The summed E-state index contributed by atoms with van der Waals surface area (Å²) in [4.78, 5) is 12.5. The molecule has 0 saturated heterocycles. The summed E-state index contributed by atoms with van der Waals surface area (Å²) in [6, 6.07) is 12.6. The number of nitrogens with one attached hydrogen (secondary N) is 1. The molecule has 2 aromatic carbocycles. The molecule has 1 N–H and O–H groups in total. The van der Waals surface area contributed by atoms with E-state index in [4.69, 9.17) is 0 Å². The van der Waals surface area contributed by atoms with Gasteiger partial charge in [-0.1, -0.05) is 23.8 Å². The molecule has 1 amide bonds. The third-order valence-corrected chi connectivity index (χ3v) is 5.61. The zero-order valence-corrected chi connectivity index (χ0v) is 16.7. The van der Waals surface area contributed by atoms with E-state index in [0.29, 0.717) is 17.8 Å². The van der Waals surface area contributed by atoms with Gasteiger partial charge in [0.15, 0.2) is 0 Å². The lowest BCUT2D eigenvalue weighted by Gasteiger charge is -2.21. The monoisotopic (exact) mass is 374 g/mol. The van der Waals surface area contributed by atoms with Crippen LogP contribution in [-0.4, -0.2) is 27.1 Å². The van der Waals surface area contributed by atoms with Crippen LogP contribution in [0.25, 0.3) is 0 Å². The Hall–Kier alpha value is -2.34. The first-order valence-electron chi connectivity index (χ1n) is 8.59. The number of anilines is 1. The molecule has 0 spiro atoms. The van der Waals surface area contributed by atoms with Crippen LogP contribution in [0.3, 0.4) is 0 Å². The Balaban J connectivity index is 2.15. The minimum atomic E-state index is -3.33. The Morgan fingerprint density at radius 2 is 1.73 bits per heavy atom. The maximum atomic E-state index is 12.5. The number of aryl methyl sites for hydroxylation is 2. The molecule has 0 heterocycles. The van der Waals surface area contributed by atoms with Crippen LogP contribution in [0.5, 0.6) is 0 Å². The molecule has 0 fully saturated rings. The number of benzene rings is 2. The summed E-state index contributed by atoms with van der Waals surface area (Å²) >= 11 is 0. The van der Waals surface area contributed by atoms with E-state index in [-0.39, 0.29) is 11.9 Å². The predicted octanol–water partition coefficient (Wildman–Crippen LogP) is 3.58. The summed E-state index contributed by atoms with van der Waals surface area (Å²) in [6.07, 6.45) is 1.17. The van der Waals surface area contributed by atoms with Gasteiger partial charge < -0.3 is 5.32 Å². The number of amides is 1. The van der Waals surface area contributed by atoms with Gasteiger partial charge in [0.1, 0.15) is 0 Å². The first-order chi connectivity index (χ1) is 12.1. The second kappa shape index (κ2) is 7.91. The smallest absolute Gasteiger partial charge is 0.251 e. The predicted molar refractivity (Wildman–Crippen MR) is 106 cm³/mol. The largest absolute Gasteiger partial charge is 0.346 e. The van der Waals surface area contributed by atoms with Crippen molar-refractivity contribution in [1.82, 2.24) is 5.32 Å². The van der Waals surface area contributed by atoms with Crippen LogP contribution in [0.15, 0.2) is 42.5 Å². The molecule has 0 saturated carbocycles. The zero-order valence-electron chi connectivity index (χ0n) is 15.9. The molecule has 0 aromatic heterocycles. The minimum Gasteiger partial charge on any atom is -0.346 e. The van der Waals surface area contributed by atoms with Crippen molar-refractivity contribution in [2.45, 2.75) is 33.7 Å². The van der Waals surface area contributed by atoms with E-state index in [0.717, 1.165) is 11.1 Å². The molecule has 1 unspecified atom stereocenters. The van der Waals surface area contributed by atoms with Crippen molar-refractivity contribution in [2.75, 3.05) is 17.1 Å². The lowest BCUT2D eigenvalue weighted by Crippen LogP contribution is -2.30. The Kier molecular flexibility index (Phi) is 6.08. The number of hydrogen-bond donors (Lipinski definition) is 1. The number of hydrogen-bond acceptors (Lipinski definition) is 3. The molecular weight excluding hydrogens is 348 g/mol. The van der Waals surface area contributed by atoms with Crippen molar-refractivity contribution >= 4 is 21.6 Å². The molecule has 0 aliphatic carbocycles. The van der Waals surface area contributed by atoms with Crippen LogP contribution in [-0.2, 0) is 10.0 Å². The molecule has 2 aromatic rings. The van der Waals surface area contributed by atoms with Gasteiger partial charge in [0.25, 0.3) is 5.91 Å². The maximum absolute atomic E-state index is 12.5. The fourth-order valence-electron chi connectivity index (χ4n) is 3.06. The molecule has 140 valence electrons. The summed E-state index contributed by atoms with van der Waals surface area (Å²) in [5.74, 6) is -0.188. The van der Waals surface area contributed by atoms with Crippen LogP contribution in [0.1, 0.15) is 46.9 Å². The average Bonchev–Trinajstić information content (AvgIpc) is 2.54. The SMILES string of the molecule is CCN(c1ccc(C(=O)NC(C)c2ccc(C)cc2C)cc1)S(C)(=O)=O. The highest BCUT2D eigenvalue weighted by Gasteiger charge is 2.17. The lowest BCUT2D eigenvalue weighted by molar-refractivity contribution is 0.0940. The molecule has 5 nitrogen and oxygen atoms in total. The third kappa shape index (κ3) is 4.64. The van der Waals surface area contributed by atoms with Gasteiger partial charge >= 0.3 is 0 Å². The van der Waals surface area contributed by atoms with Gasteiger partial charge in [-0.05, 0) is 63.1 Å². The first kappa shape index (κ1) is 20.0. The van der Waals surface area contributed by atoms with E-state index in [1.54, 1.807) is 31.2 Å².